The molecule has 0 N–H and O–H groups in total. The van der Waals surface area contributed by atoms with E-state index in [0.29, 0.717) is 36.0 Å². The Kier molecular flexibility index (Phi) is 4.89. The van der Waals surface area contributed by atoms with Crippen molar-refractivity contribution in [1.82, 2.24) is 9.80 Å². The highest BCUT2D eigenvalue weighted by atomic mass is 16.6. The summed E-state index contributed by atoms with van der Waals surface area (Å²) in [4.78, 5) is 41.1. The highest BCUT2D eigenvalue weighted by molar-refractivity contribution is 6.22. The van der Waals surface area contributed by atoms with Crippen LogP contribution in [0.3, 0.4) is 0 Å². The van der Waals surface area contributed by atoms with E-state index in [-0.39, 0.29) is 29.7 Å². The molecule has 8 heteroatoms. The smallest absolute Gasteiger partial charge is 0.261 e. The monoisotopic (exact) mass is 432 g/mol. The maximum Gasteiger partial charge on any atom is 0.261 e. The van der Waals surface area contributed by atoms with Crippen LogP contribution in [0.4, 0.5) is 0 Å². The molecule has 0 radical (unpaired) electrons. The van der Waals surface area contributed by atoms with E-state index in [1.165, 1.54) is 23.3 Å². The number of amides is 3. The Balaban J connectivity index is 1.29. The number of nitrogens with zero attached hydrogens (tertiary/aromatic N) is 2. The zero-order valence-electron chi connectivity index (χ0n) is 17.3. The summed E-state index contributed by atoms with van der Waals surface area (Å²) in [6.07, 6.45) is 1.17. The first-order valence-corrected chi connectivity index (χ1v) is 10.2. The molecule has 2 aliphatic heterocycles. The molecule has 2 aromatic carbocycles. The van der Waals surface area contributed by atoms with Gasteiger partial charge in [-0.1, -0.05) is 12.1 Å². The number of benzene rings is 2. The summed E-state index contributed by atoms with van der Waals surface area (Å²) in [6, 6.07) is 15.3. The molecule has 0 spiro atoms. The molecule has 162 valence electrons. The number of carbonyl (C=O) groups excluding carboxylic acids is 3. The predicted molar refractivity (Wildman–Crippen MR) is 113 cm³/mol. The number of para-hydroxylation sites is 2. The van der Waals surface area contributed by atoms with E-state index < -0.39 is 11.8 Å². The molecule has 0 saturated heterocycles. The Morgan fingerprint density at radius 1 is 1.03 bits per heavy atom. The predicted octanol–water partition coefficient (Wildman–Crippen LogP) is 2.99. The molecular weight excluding hydrogens is 412 g/mol. The van der Waals surface area contributed by atoms with Gasteiger partial charge in [0.2, 0.25) is 0 Å². The second-order valence-electron chi connectivity index (χ2n) is 7.72. The molecule has 0 saturated carbocycles. The first-order valence-electron chi connectivity index (χ1n) is 10.2. The average molecular weight is 432 g/mol. The third-order valence-corrected chi connectivity index (χ3v) is 5.50. The molecule has 1 unspecified atom stereocenters. The van der Waals surface area contributed by atoms with Crippen molar-refractivity contribution in [2.75, 3.05) is 20.2 Å². The Bertz CT molecular complexity index is 1200. The fourth-order valence-electron chi connectivity index (χ4n) is 3.89. The normalized spacial score (nSPS) is 16.8. The summed E-state index contributed by atoms with van der Waals surface area (Å²) in [5.74, 6) is 0.702. The summed E-state index contributed by atoms with van der Waals surface area (Å²) in [6.45, 7) is 0.679. The van der Waals surface area contributed by atoms with Crippen molar-refractivity contribution in [2.45, 2.75) is 12.6 Å². The van der Waals surface area contributed by atoms with Crippen molar-refractivity contribution in [3.05, 3.63) is 83.3 Å². The lowest BCUT2D eigenvalue weighted by atomic mass is 10.0. The maximum absolute atomic E-state index is 13.0. The number of hydrogen-bond donors (Lipinski definition) is 0. The minimum Gasteiger partial charge on any atom is -0.486 e. The van der Waals surface area contributed by atoms with Crippen LogP contribution in [0.2, 0.25) is 0 Å². The van der Waals surface area contributed by atoms with Crippen molar-refractivity contribution >= 4 is 17.7 Å². The Morgan fingerprint density at radius 2 is 1.81 bits per heavy atom. The van der Waals surface area contributed by atoms with Gasteiger partial charge in [0, 0.05) is 12.6 Å². The number of carbonyl (C=O) groups is 3. The molecule has 1 atom stereocenters. The number of ether oxygens (including phenoxy) is 2. The van der Waals surface area contributed by atoms with Crippen LogP contribution in [-0.2, 0) is 6.54 Å². The fraction of sp³-hybridized carbons (Fsp3) is 0.208. The van der Waals surface area contributed by atoms with Crippen LogP contribution < -0.4 is 9.47 Å². The molecule has 1 aromatic heterocycles. The van der Waals surface area contributed by atoms with Crippen molar-refractivity contribution in [3.8, 4) is 11.5 Å². The molecule has 0 bridgehead atoms. The van der Waals surface area contributed by atoms with E-state index >= 15 is 0 Å². The zero-order valence-corrected chi connectivity index (χ0v) is 17.3. The molecule has 8 nitrogen and oxygen atoms in total. The first kappa shape index (κ1) is 19.9. The second kappa shape index (κ2) is 7.88. The summed E-state index contributed by atoms with van der Waals surface area (Å²) in [5.41, 5.74) is 0.817. The molecule has 3 aromatic rings. The average Bonchev–Trinajstić information content (AvgIpc) is 3.41. The lowest BCUT2D eigenvalue weighted by Gasteiger charge is -2.29. The van der Waals surface area contributed by atoms with E-state index in [9.17, 15) is 14.4 Å². The topological polar surface area (TPSA) is 89.3 Å². The van der Waals surface area contributed by atoms with Crippen molar-refractivity contribution in [1.29, 1.82) is 0 Å². The lowest BCUT2D eigenvalue weighted by Crippen LogP contribution is -2.41. The molecule has 3 heterocycles. The summed E-state index contributed by atoms with van der Waals surface area (Å²) in [5, 5.41) is 0. The van der Waals surface area contributed by atoms with E-state index in [1.807, 2.05) is 24.3 Å². The van der Waals surface area contributed by atoms with Gasteiger partial charge >= 0.3 is 0 Å². The van der Waals surface area contributed by atoms with Gasteiger partial charge in [-0.3, -0.25) is 19.3 Å². The van der Waals surface area contributed by atoms with Crippen LogP contribution >= 0.6 is 0 Å². The third kappa shape index (κ3) is 3.49. The van der Waals surface area contributed by atoms with Gasteiger partial charge in [-0.25, -0.2) is 0 Å². The molecule has 3 amide bonds. The van der Waals surface area contributed by atoms with Gasteiger partial charge in [0.05, 0.1) is 30.5 Å². The molecular formula is C24H20N2O6. The minimum atomic E-state index is -0.445. The van der Waals surface area contributed by atoms with E-state index in [4.69, 9.17) is 13.9 Å². The fourth-order valence-corrected chi connectivity index (χ4v) is 3.89. The molecule has 2 aliphatic rings. The van der Waals surface area contributed by atoms with Crippen LogP contribution in [0.15, 0.2) is 65.3 Å². The van der Waals surface area contributed by atoms with Crippen LogP contribution in [-0.4, -0.2) is 53.8 Å². The number of furan rings is 1. The van der Waals surface area contributed by atoms with E-state index in [1.54, 1.807) is 25.2 Å². The molecule has 32 heavy (non-hydrogen) atoms. The van der Waals surface area contributed by atoms with Gasteiger partial charge in [-0.05, 0) is 42.5 Å². The largest absolute Gasteiger partial charge is 0.486 e. The van der Waals surface area contributed by atoms with Crippen LogP contribution in [0.1, 0.15) is 36.8 Å². The van der Waals surface area contributed by atoms with Crippen LogP contribution in [0, 0.1) is 0 Å². The van der Waals surface area contributed by atoms with Gasteiger partial charge < -0.3 is 18.8 Å². The number of fused-ring (bicyclic) bond motifs is 2. The first-order chi connectivity index (χ1) is 15.5. The van der Waals surface area contributed by atoms with E-state index in [2.05, 4.69) is 0 Å². The van der Waals surface area contributed by atoms with Gasteiger partial charge in [0.1, 0.15) is 12.4 Å². The zero-order chi connectivity index (χ0) is 22.2. The standard InChI is InChI=1S/C24H20N2O6/c1-25(12-17-14-31-20-6-2-3-7-21(20)32-17)22(27)15-8-9-18-19(11-15)24(29)26(23(18)28)13-16-5-4-10-30-16/h2-11,17H,12-14H2,1H3. The summed E-state index contributed by atoms with van der Waals surface area (Å²) in [7, 11) is 1.66. The highest BCUT2D eigenvalue weighted by Gasteiger charge is 2.36. The Morgan fingerprint density at radius 3 is 2.59 bits per heavy atom. The SMILES string of the molecule is CN(CC1COc2ccccc2O1)C(=O)c1ccc2c(c1)C(=O)N(Cc1ccco1)C2=O. The van der Waals surface area contributed by atoms with Crippen molar-refractivity contribution in [3.63, 3.8) is 0 Å². The van der Waals surface area contributed by atoms with Crippen molar-refractivity contribution < 1.29 is 28.3 Å². The molecule has 5 rings (SSSR count). The number of imide groups is 1. The second-order valence-corrected chi connectivity index (χ2v) is 7.72. The lowest BCUT2D eigenvalue weighted by molar-refractivity contribution is 0.0521. The number of rotatable bonds is 5. The quantitative estimate of drug-likeness (QED) is 0.576. The van der Waals surface area contributed by atoms with Crippen LogP contribution in [0.5, 0.6) is 11.5 Å². The van der Waals surface area contributed by atoms with Gasteiger partial charge in [-0.2, -0.15) is 0 Å². The maximum atomic E-state index is 13.0. The van der Waals surface area contributed by atoms with Gasteiger partial charge in [0.25, 0.3) is 17.7 Å². The van der Waals surface area contributed by atoms with Gasteiger partial charge in [0.15, 0.2) is 17.6 Å². The van der Waals surface area contributed by atoms with Crippen LogP contribution in [0.25, 0.3) is 0 Å². The molecule has 0 aliphatic carbocycles. The Hall–Kier alpha value is -4.07. The Labute approximate surface area is 183 Å². The highest BCUT2D eigenvalue weighted by Crippen LogP contribution is 2.31. The molecule has 0 fully saturated rings. The number of likely N-dealkylation sites (N-methyl/N-ethyl adjacent to an activating group) is 1. The van der Waals surface area contributed by atoms with Gasteiger partial charge in [-0.15, -0.1) is 0 Å². The van der Waals surface area contributed by atoms with E-state index in [0.717, 1.165) is 4.90 Å². The summed E-state index contributed by atoms with van der Waals surface area (Å²) >= 11 is 0. The summed E-state index contributed by atoms with van der Waals surface area (Å²) < 4.78 is 16.9. The van der Waals surface area contributed by atoms with Crippen molar-refractivity contribution in [2.24, 2.45) is 0 Å². The third-order valence-electron chi connectivity index (χ3n) is 5.50. The minimum absolute atomic E-state index is 0.0447. The number of hydrogen-bond acceptors (Lipinski definition) is 6.